The molecule has 1 fully saturated rings. The van der Waals surface area contributed by atoms with Gasteiger partial charge in [0.25, 0.3) is 0 Å². The highest BCUT2D eigenvalue weighted by Gasteiger charge is 2.33. The second-order valence-electron chi connectivity index (χ2n) is 6.25. The van der Waals surface area contributed by atoms with Crippen LogP contribution in [0, 0.1) is 5.92 Å². The summed E-state index contributed by atoms with van der Waals surface area (Å²) in [6.07, 6.45) is 4.33. The fourth-order valence-electron chi connectivity index (χ4n) is 2.41. The normalized spacial score (nSPS) is 19.2. The van der Waals surface area contributed by atoms with Gasteiger partial charge in [0.05, 0.1) is 0 Å². The molecule has 0 spiro atoms. The van der Waals surface area contributed by atoms with Gasteiger partial charge < -0.3 is 10.0 Å². The van der Waals surface area contributed by atoms with Crippen molar-refractivity contribution in [1.82, 2.24) is 10.2 Å². The molecule has 1 saturated carbocycles. The lowest BCUT2D eigenvalue weighted by molar-refractivity contribution is -0.144. The highest BCUT2D eigenvalue weighted by molar-refractivity contribution is 5.78. The molecule has 4 nitrogen and oxygen atoms in total. The Morgan fingerprint density at radius 1 is 1.50 bits per heavy atom. The number of carboxylic acid groups (broad SMARTS) is 1. The van der Waals surface area contributed by atoms with Gasteiger partial charge in [-0.05, 0) is 66.0 Å². The fourth-order valence-corrected chi connectivity index (χ4v) is 2.41. The van der Waals surface area contributed by atoms with Crippen LogP contribution in [0.4, 0.5) is 0 Å². The summed E-state index contributed by atoms with van der Waals surface area (Å²) in [6.45, 7) is 7.91. The number of aliphatic carboxylic acids is 1. The van der Waals surface area contributed by atoms with Crippen LogP contribution in [0.2, 0.25) is 0 Å². The first kappa shape index (κ1) is 15.4. The molecule has 1 rings (SSSR count). The molecule has 1 atom stereocenters. The third-order valence-electron chi connectivity index (χ3n) is 3.56. The summed E-state index contributed by atoms with van der Waals surface area (Å²) < 4.78 is 0. The molecule has 2 N–H and O–H groups in total. The van der Waals surface area contributed by atoms with Crippen LogP contribution in [0.15, 0.2) is 0 Å². The molecule has 0 aromatic rings. The summed E-state index contributed by atoms with van der Waals surface area (Å²) in [6, 6.07) is 0.190. The van der Waals surface area contributed by atoms with Crippen LogP contribution < -0.4 is 5.32 Å². The van der Waals surface area contributed by atoms with Crippen LogP contribution in [-0.2, 0) is 4.79 Å². The van der Waals surface area contributed by atoms with Gasteiger partial charge >= 0.3 is 5.97 Å². The first-order chi connectivity index (χ1) is 8.33. The molecule has 0 amide bonds. The lowest BCUT2D eigenvalue weighted by atomic mass is 9.94. The smallest absolute Gasteiger partial charge is 0.323 e. The van der Waals surface area contributed by atoms with Crippen molar-refractivity contribution in [2.24, 2.45) is 5.92 Å². The Morgan fingerprint density at radius 3 is 2.56 bits per heavy atom. The Hall–Kier alpha value is -0.610. The minimum Gasteiger partial charge on any atom is -0.480 e. The first-order valence-corrected chi connectivity index (χ1v) is 7.03. The van der Waals surface area contributed by atoms with Gasteiger partial charge in [0.2, 0.25) is 0 Å². The van der Waals surface area contributed by atoms with E-state index in [4.69, 9.17) is 0 Å². The topological polar surface area (TPSA) is 52.6 Å². The fraction of sp³-hybridized carbons (Fsp3) is 0.929. The maximum absolute atomic E-state index is 11.3. The third-order valence-corrected chi connectivity index (χ3v) is 3.56. The molecule has 18 heavy (non-hydrogen) atoms. The predicted molar refractivity (Wildman–Crippen MR) is 73.8 cm³/mol. The highest BCUT2D eigenvalue weighted by atomic mass is 16.4. The van der Waals surface area contributed by atoms with E-state index >= 15 is 0 Å². The lowest BCUT2D eigenvalue weighted by Crippen LogP contribution is -2.52. The molecule has 106 valence electrons. The van der Waals surface area contributed by atoms with Crippen LogP contribution in [0.5, 0.6) is 0 Å². The first-order valence-electron chi connectivity index (χ1n) is 7.03. The van der Waals surface area contributed by atoms with Gasteiger partial charge in [-0.1, -0.05) is 0 Å². The Balaban J connectivity index is 2.29. The average Bonchev–Trinajstić information content (AvgIpc) is 3.00. The van der Waals surface area contributed by atoms with Crippen molar-refractivity contribution in [3.8, 4) is 0 Å². The van der Waals surface area contributed by atoms with Crippen LogP contribution in [0.3, 0.4) is 0 Å². The molecule has 0 bridgehead atoms. The van der Waals surface area contributed by atoms with Crippen molar-refractivity contribution in [3.05, 3.63) is 0 Å². The molecule has 0 aliphatic heterocycles. The zero-order valence-corrected chi connectivity index (χ0v) is 12.2. The molecule has 0 heterocycles. The largest absolute Gasteiger partial charge is 0.480 e. The zero-order valence-electron chi connectivity index (χ0n) is 12.2. The molecule has 1 aliphatic rings. The summed E-state index contributed by atoms with van der Waals surface area (Å²) in [5.41, 5.74) is -0.797. The van der Waals surface area contributed by atoms with E-state index in [9.17, 15) is 9.90 Å². The number of hydrogen-bond acceptors (Lipinski definition) is 3. The second-order valence-corrected chi connectivity index (χ2v) is 6.25. The van der Waals surface area contributed by atoms with Crippen LogP contribution >= 0.6 is 0 Å². The number of nitrogens with zero attached hydrogens (tertiary/aromatic N) is 1. The van der Waals surface area contributed by atoms with Gasteiger partial charge in [0.1, 0.15) is 5.54 Å². The van der Waals surface area contributed by atoms with Crippen LogP contribution in [0.1, 0.15) is 46.5 Å². The van der Waals surface area contributed by atoms with Crippen molar-refractivity contribution < 1.29 is 9.90 Å². The minimum absolute atomic E-state index is 0.190. The Kier molecular flexibility index (Phi) is 5.60. The van der Waals surface area contributed by atoms with Crippen molar-refractivity contribution in [1.29, 1.82) is 0 Å². The number of nitrogens with one attached hydrogen (secondary N) is 1. The monoisotopic (exact) mass is 256 g/mol. The summed E-state index contributed by atoms with van der Waals surface area (Å²) in [7, 11) is 2.13. The Labute approximate surface area is 111 Å². The third kappa shape index (κ3) is 5.36. The molecule has 1 unspecified atom stereocenters. The van der Waals surface area contributed by atoms with Gasteiger partial charge in [-0.15, -0.1) is 0 Å². The molecule has 0 radical (unpaired) electrons. The number of carbonyl (C=O) groups is 1. The van der Waals surface area contributed by atoms with E-state index in [0.717, 1.165) is 18.9 Å². The predicted octanol–water partition coefficient (Wildman–Crippen LogP) is 1.95. The lowest BCUT2D eigenvalue weighted by Gasteiger charge is -2.29. The maximum Gasteiger partial charge on any atom is 0.323 e. The average molecular weight is 256 g/mol. The standard InChI is InChI=1S/C14H28N2O2/c1-11(2)15-14(3,13(17)18)8-5-9-16(4)10-12-6-7-12/h11-12,15H,5-10H2,1-4H3,(H,17,18). The Bertz CT molecular complexity index is 277. The van der Waals surface area contributed by atoms with E-state index in [1.54, 1.807) is 6.92 Å². The van der Waals surface area contributed by atoms with Gasteiger partial charge in [0, 0.05) is 12.6 Å². The van der Waals surface area contributed by atoms with Crippen molar-refractivity contribution in [3.63, 3.8) is 0 Å². The Morgan fingerprint density at radius 2 is 2.11 bits per heavy atom. The second kappa shape index (κ2) is 6.53. The van der Waals surface area contributed by atoms with E-state index < -0.39 is 11.5 Å². The van der Waals surface area contributed by atoms with Gasteiger partial charge in [0.15, 0.2) is 0 Å². The summed E-state index contributed by atoms with van der Waals surface area (Å²) in [5.74, 6) is 0.149. The molecule has 0 aromatic carbocycles. The van der Waals surface area contributed by atoms with Crippen molar-refractivity contribution in [2.75, 3.05) is 20.1 Å². The number of carboxylic acids is 1. The molecule has 1 aliphatic carbocycles. The van der Waals surface area contributed by atoms with E-state index in [1.807, 2.05) is 13.8 Å². The van der Waals surface area contributed by atoms with Crippen LogP contribution in [0.25, 0.3) is 0 Å². The van der Waals surface area contributed by atoms with Crippen molar-refractivity contribution >= 4 is 5.97 Å². The highest BCUT2D eigenvalue weighted by Crippen LogP contribution is 2.29. The van der Waals surface area contributed by atoms with Gasteiger partial charge in [-0.2, -0.15) is 0 Å². The molecular formula is C14H28N2O2. The zero-order chi connectivity index (χ0) is 13.8. The van der Waals surface area contributed by atoms with E-state index in [0.29, 0.717) is 6.42 Å². The van der Waals surface area contributed by atoms with Gasteiger partial charge in [-0.25, -0.2) is 0 Å². The summed E-state index contributed by atoms with van der Waals surface area (Å²) in [5, 5.41) is 12.5. The molecule has 0 saturated heterocycles. The summed E-state index contributed by atoms with van der Waals surface area (Å²) in [4.78, 5) is 13.7. The molecule has 4 heteroatoms. The van der Waals surface area contributed by atoms with Crippen molar-refractivity contribution in [2.45, 2.75) is 58.0 Å². The quantitative estimate of drug-likeness (QED) is 0.662. The van der Waals surface area contributed by atoms with E-state index in [-0.39, 0.29) is 6.04 Å². The van der Waals surface area contributed by atoms with E-state index in [1.165, 1.54) is 19.4 Å². The number of hydrogen-bond donors (Lipinski definition) is 2. The SMILES string of the molecule is CC(C)NC(C)(CCCN(C)CC1CC1)C(=O)O. The summed E-state index contributed by atoms with van der Waals surface area (Å²) >= 11 is 0. The molecular weight excluding hydrogens is 228 g/mol. The molecule has 0 aromatic heterocycles. The van der Waals surface area contributed by atoms with Crippen LogP contribution in [-0.4, -0.2) is 47.7 Å². The number of rotatable bonds is 9. The van der Waals surface area contributed by atoms with E-state index in [2.05, 4.69) is 17.3 Å². The minimum atomic E-state index is -0.797. The maximum atomic E-state index is 11.3. The van der Waals surface area contributed by atoms with Gasteiger partial charge in [-0.3, -0.25) is 10.1 Å².